The Balaban J connectivity index is 1.08. The van der Waals surface area contributed by atoms with E-state index in [9.17, 15) is 0 Å². The molecular weight excluding hydrogens is 667 g/mol. The average Bonchev–Trinajstić information content (AvgIpc) is 3.83. The maximum Gasteiger partial charge on any atom is 0.0543 e. The molecule has 0 atom stereocenters. The fraction of sp³-hybridized carbons (Fsp3) is 0.0612. The predicted octanol–water partition coefficient (Wildman–Crippen LogP) is 15.0. The summed E-state index contributed by atoms with van der Waals surface area (Å²) in [5.74, 6) is 0. The maximum atomic E-state index is 2.48. The van der Waals surface area contributed by atoms with Crippen LogP contribution in [0.25, 0.3) is 73.4 Å². The van der Waals surface area contributed by atoms with E-state index in [1.165, 1.54) is 95.9 Å². The molecule has 0 unspecified atom stereocenters. The summed E-state index contributed by atoms with van der Waals surface area (Å²) in [6.45, 7) is 4.72. The lowest BCUT2D eigenvalue weighted by Gasteiger charge is -2.29. The predicted molar refractivity (Wildman–Crippen MR) is 227 cm³/mol. The first-order valence-corrected chi connectivity index (χ1v) is 19.6. The Labute approximate surface area is 310 Å². The average molecular weight is 700 g/mol. The van der Waals surface area contributed by atoms with Crippen LogP contribution in [-0.2, 0) is 5.41 Å². The summed E-state index contributed by atoms with van der Waals surface area (Å²) in [6, 6.07) is 61.0. The third-order valence-electron chi connectivity index (χ3n) is 11.3. The van der Waals surface area contributed by atoms with E-state index in [0.717, 1.165) is 5.69 Å². The molecule has 2 aromatic heterocycles. The van der Waals surface area contributed by atoms with Gasteiger partial charge in [0, 0.05) is 62.7 Å². The third kappa shape index (κ3) is 4.33. The van der Waals surface area contributed by atoms with Crippen LogP contribution in [0.4, 0.5) is 17.1 Å². The SMILES string of the molecule is CC1(C)c2ccccc2-c2c(N(c3ccc(-c4ccc5sc6c7ccccc7ccc6c5c4)cc3)c3ccc4c(c3)sc3ccccc34)cccc21. The van der Waals surface area contributed by atoms with Crippen LogP contribution < -0.4 is 4.90 Å². The highest BCUT2D eigenvalue weighted by molar-refractivity contribution is 7.26. The maximum absolute atomic E-state index is 2.48. The van der Waals surface area contributed by atoms with E-state index in [-0.39, 0.29) is 5.41 Å². The quantitative estimate of drug-likeness (QED) is 0.177. The van der Waals surface area contributed by atoms with Crippen molar-refractivity contribution in [1.82, 2.24) is 0 Å². The molecule has 0 radical (unpaired) electrons. The van der Waals surface area contributed by atoms with Crippen LogP contribution in [0.1, 0.15) is 25.0 Å². The molecule has 10 aromatic rings. The van der Waals surface area contributed by atoms with Crippen molar-refractivity contribution in [2.45, 2.75) is 19.3 Å². The molecule has 3 heteroatoms. The number of nitrogens with zero attached hydrogens (tertiary/aromatic N) is 1. The lowest BCUT2D eigenvalue weighted by molar-refractivity contribution is 0.660. The molecule has 0 saturated carbocycles. The minimum atomic E-state index is -0.0797. The Morgan fingerprint density at radius 3 is 2.04 bits per heavy atom. The first kappa shape index (κ1) is 29.9. The zero-order valence-electron chi connectivity index (χ0n) is 28.9. The Morgan fingerprint density at radius 1 is 0.442 bits per heavy atom. The number of hydrogen-bond acceptors (Lipinski definition) is 3. The van der Waals surface area contributed by atoms with Crippen molar-refractivity contribution in [3.05, 3.63) is 175 Å². The number of benzene rings is 8. The largest absolute Gasteiger partial charge is 0.310 e. The van der Waals surface area contributed by atoms with Gasteiger partial charge in [-0.25, -0.2) is 0 Å². The first-order chi connectivity index (χ1) is 25.5. The van der Waals surface area contributed by atoms with Crippen molar-refractivity contribution < 1.29 is 0 Å². The molecule has 0 saturated heterocycles. The molecule has 0 amide bonds. The van der Waals surface area contributed by atoms with Crippen molar-refractivity contribution >= 4 is 90.9 Å². The topological polar surface area (TPSA) is 3.24 Å². The standard InChI is InChI=1S/C49H33NS2/c1-49(2)41-14-7-5-13-39(41)47-42(49)15-9-16-43(47)50(34-24-26-37-36-12-6-8-17-44(36)51-46(37)29-34)33-22-18-30(19-23-33)32-21-27-45-40(28-32)38-25-20-31-10-3-4-11-35(31)48(38)52-45/h3-29H,1-2H3. The van der Waals surface area contributed by atoms with Crippen LogP contribution in [0, 0.1) is 0 Å². The van der Waals surface area contributed by atoms with Gasteiger partial charge in [0.15, 0.2) is 0 Å². The third-order valence-corrected chi connectivity index (χ3v) is 13.6. The second-order valence-electron chi connectivity index (χ2n) is 14.5. The van der Waals surface area contributed by atoms with Gasteiger partial charge in [0.1, 0.15) is 0 Å². The monoisotopic (exact) mass is 699 g/mol. The van der Waals surface area contributed by atoms with Gasteiger partial charge in [0.2, 0.25) is 0 Å². The second-order valence-corrected chi connectivity index (χ2v) is 16.6. The fourth-order valence-corrected chi connectivity index (χ4v) is 11.0. The summed E-state index contributed by atoms with van der Waals surface area (Å²) in [7, 11) is 0. The van der Waals surface area contributed by atoms with Gasteiger partial charge in [-0.1, -0.05) is 129 Å². The Hall–Kier alpha value is -5.74. The van der Waals surface area contributed by atoms with Crippen molar-refractivity contribution in [3.8, 4) is 22.3 Å². The summed E-state index contributed by atoms with van der Waals surface area (Å²) >= 11 is 3.77. The van der Waals surface area contributed by atoms with E-state index >= 15 is 0 Å². The van der Waals surface area contributed by atoms with Gasteiger partial charge < -0.3 is 4.90 Å². The summed E-state index contributed by atoms with van der Waals surface area (Å²) in [5, 5.41) is 7.93. The van der Waals surface area contributed by atoms with Crippen LogP contribution in [-0.4, -0.2) is 0 Å². The minimum absolute atomic E-state index is 0.0797. The molecule has 0 fully saturated rings. The van der Waals surface area contributed by atoms with E-state index in [4.69, 9.17) is 0 Å². The summed E-state index contributed by atoms with van der Waals surface area (Å²) < 4.78 is 5.32. The van der Waals surface area contributed by atoms with Gasteiger partial charge >= 0.3 is 0 Å². The zero-order valence-corrected chi connectivity index (χ0v) is 30.5. The molecule has 0 bridgehead atoms. The van der Waals surface area contributed by atoms with Crippen molar-refractivity contribution in [1.29, 1.82) is 0 Å². The van der Waals surface area contributed by atoms with Gasteiger partial charge in [-0.3, -0.25) is 0 Å². The molecule has 0 spiro atoms. The van der Waals surface area contributed by atoms with Gasteiger partial charge in [0.05, 0.1) is 5.69 Å². The molecule has 1 aliphatic rings. The van der Waals surface area contributed by atoms with Crippen molar-refractivity contribution in [2.24, 2.45) is 0 Å². The molecule has 246 valence electrons. The molecule has 52 heavy (non-hydrogen) atoms. The highest BCUT2D eigenvalue weighted by atomic mass is 32.1. The van der Waals surface area contributed by atoms with E-state index in [0.29, 0.717) is 0 Å². The molecule has 11 rings (SSSR count). The van der Waals surface area contributed by atoms with E-state index in [2.05, 4.69) is 183 Å². The van der Waals surface area contributed by atoms with Crippen LogP contribution in [0.15, 0.2) is 164 Å². The number of hydrogen-bond donors (Lipinski definition) is 0. The van der Waals surface area contributed by atoms with E-state index in [1.807, 2.05) is 22.7 Å². The molecule has 1 aliphatic carbocycles. The fourth-order valence-electron chi connectivity index (χ4n) is 8.69. The van der Waals surface area contributed by atoms with Gasteiger partial charge in [-0.05, 0) is 87.1 Å². The van der Waals surface area contributed by atoms with E-state index < -0.39 is 0 Å². The molecule has 2 heterocycles. The Morgan fingerprint density at radius 2 is 1.13 bits per heavy atom. The molecule has 0 N–H and O–H groups in total. The smallest absolute Gasteiger partial charge is 0.0543 e. The minimum Gasteiger partial charge on any atom is -0.310 e. The first-order valence-electron chi connectivity index (χ1n) is 17.9. The van der Waals surface area contributed by atoms with Crippen LogP contribution >= 0.6 is 22.7 Å². The summed E-state index contributed by atoms with van der Waals surface area (Å²) in [6.07, 6.45) is 0. The van der Waals surface area contributed by atoms with Crippen molar-refractivity contribution in [2.75, 3.05) is 4.90 Å². The molecule has 8 aromatic carbocycles. The lowest BCUT2D eigenvalue weighted by Crippen LogP contribution is -2.16. The number of anilines is 3. The number of thiophene rings is 2. The van der Waals surface area contributed by atoms with Crippen LogP contribution in [0.5, 0.6) is 0 Å². The van der Waals surface area contributed by atoms with Gasteiger partial charge in [-0.2, -0.15) is 0 Å². The van der Waals surface area contributed by atoms with Gasteiger partial charge in [0.25, 0.3) is 0 Å². The summed E-state index contributed by atoms with van der Waals surface area (Å²) in [5.41, 5.74) is 11.3. The van der Waals surface area contributed by atoms with Crippen LogP contribution in [0.2, 0.25) is 0 Å². The van der Waals surface area contributed by atoms with Gasteiger partial charge in [-0.15, -0.1) is 22.7 Å². The van der Waals surface area contributed by atoms with Crippen LogP contribution in [0.3, 0.4) is 0 Å². The zero-order chi connectivity index (χ0) is 34.6. The lowest BCUT2D eigenvalue weighted by atomic mass is 9.82. The number of fused-ring (bicyclic) bond motifs is 11. The molecule has 0 aliphatic heterocycles. The normalized spacial score (nSPS) is 13.3. The summed E-state index contributed by atoms with van der Waals surface area (Å²) in [4.78, 5) is 2.48. The Bertz CT molecular complexity index is 3050. The highest BCUT2D eigenvalue weighted by Gasteiger charge is 2.37. The second kappa shape index (κ2) is 11.1. The highest BCUT2D eigenvalue weighted by Crippen LogP contribution is 2.54. The number of rotatable bonds is 4. The molecule has 1 nitrogen and oxygen atoms in total. The molecular formula is C49H33NS2. The van der Waals surface area contributed by atoms with Crippen molar-refractivity contribution in [3.63, 3.8) is 0 Å². The van der Waals surface area contributed by atoms with E-state index in [1.54, 1.807) is 0 Å². The Kier molecular flexibility index (Phi) is 6.41.